The second-order valence-corrected chi connectivity index (χ2v) is 12.4. The number of rotatable bonds is 22. The Bertz CT molecular complexity index is 1680. The van der Waals surface area contributed by atoms with Crippen LogP contribution in [0.3, 0.4) is 0 Å². The number of urea groups is 1. The van der Waals surface area contributed by atoms with Crippen molar-refractivity contribution in [2.24, 2.45) is 17.6 Å². The summed E-state index contributed by atoms with van der Waals surface area (Å²) in [7, 11) is 0. The fraction of sp³-hybridized carbons (Fsp3) is 0.417. The second kappa shape index (κ2) is 21.4. The molecule has 0 saturated heterocycles. The quantitative estimate of drug-likeness (QED) is 0.0391. The third kappa shape index (κ3) is 14.5. The highest BCUT2D eigenvalue weighted by Gasteiger charge is 2.30. The molecule has 0 unspecified atom stereocenters. The van der Waals surface area contributed by atoms with Crippen molar-refractivity contribution in [3.8, 4) is 5.75 Å². The van der Waals surface area contributed by atoms with Crippen molar-refractivity contribution in [3.05, 3.63) is 81.9 Å². The van der Waals surface area contributed by atoms with Gasteiger partial charge in [-0.1, -0.05) is 38.1 Å². The molecule has 2 aromatic carbocycles. The number of primary amides is 1. The topological polar surface area (TPSA) is 253 Å². The molecule has 0 bridgehead atoms. The number of nitro groups is 1. The summed E-state index contributed by atoms with van der Waals surface area (Å²) in [5.74, 6) is -2.52. The van der Waals surface area contributed by atoms with Crippen molar-refractivity contribution in [2.45, 2.75) is 52.2 Å². The second-order valence-electron chi connectivity index (χ2n) is 12.4. The van der Waals surface area contributed by atoms with Crippen molar-refractivity contribution in [2.75, 3.05) is 32.9 Å². The van der Waals surface area contributed by atoms with Gasteiger partial charge in [-0.15, -0.1) is 0 Å². The van der Waals surface area contributed by atoms with E-state index in [-0.39, 0.29) is 87.7 Å². The van der Waals surface area contributed by atoms with E-state index in [1.807, 2.05) is 0 Å². The van der Waals surface area contributed by atoms with Gasteiger partial charge in [-0.3, -0.25) is 34.2 Å². The van der Waals surface area contributed by atoms with E-state index in [2.05, 4.69) is 10.6 Å². The highest BCUT2D eigenvalue weighted by molar-refractivity contribution is 6.12. The van der Waals surface area contributed by atoms with E-state index in [4.69, 9.17) is 24.7 Å². The first kappa shape index (κ1) is 42.2. The molecule has 1 aliphatic rings. The number of non-ortho nitro benzene ring substituents is 1. The Hall–Kier alpha value is -6.17. The lowest BCUT2D eigenvalue weighted by Gasteiger charge is -2.23. The zero-order chi connectivity index (χ0) is 39.6. The Kier molecular flexibility index (Phi) is 16.7. The number of carbonyl (C=O) groups is 7. The molecule has 18 heteroatoms. The van der Waals surface area contributed by atoms with Gasteiger partial charge in [0.2, 0.25) is 0 Å². The number of ether oxygens (including phenoxy) is 4. The van der Waals surface area contributed by atoms with Crippen LogP contribution in [0.15, 0.2) is 60.7 Å². The molecular weight excluding hydrogens is 710 g/mol. The molecule has 5 amide bonds. The molecule has 0 radical (unpaired) electrons. The lowest BCUT2D eigenvalue weighted by molar-refractivity contribution is -0.384. The number of alkyl carbamates (subject to hydrolysis) is 1. The monoisotopic (exact) mass is 753 g/mol. The van der Waals surface area contributed by atoms with Gasteiger partial charge in [0.1, 0.15) is 24.7 Å². The summed E-state index contributed by atoms with van der Waals surface area (Å²) in [6.07, 6.45) is 0.852. The average molecular weight is 754 g/mol. The molecule has 2 atom stereocenters. The van der Waals surface area contributed by atoms with Crippen molar-refractivity contribution in [1.82, 2.24) is 15.5 Å². The van der Waals surface area contributed by atoms with E-state index < -0.39 is 47.0 Å². The third-order valence-corrected chi connectivity index (χ3v) is 8.05. The minimum Gasteiger partial charge on any atom is -0.447 e. The first-order valence-electron chi connectivity index (χ1n) is 17.0. The molecular formula is C36H43N5O13. The molecule has 0 saturated carbocycles. The minimum atomic E-state index is -1.02. The number of ketones is 2. The highest BCUT2D eigenvalue weighted by Crippen LogP contribution is 2.21. The number of carbonyl (C=O) groups excluding carboxylic acids is 7. The van der Waals surface area contributed by atoms with E-state index in [9.17, 15) is 43.7 Å². The molecule has 3 rings (SSSR count). The zero-order valence-corrected chi connectivity index (χ0v) is 29.9. The Morgan fingerprint density at radius 2 is 1.52 bits per heavy atom. The van der Waals surface area contributed by atoms with Gasteiger partial charge in [-0.2, -0.15) is 0 Å². The molecule has 290 valence electrons. The molecule has 0 spiro atoms. The van der Waals surface area contributed by atoms with Gasteiger partial charge in [0.05, 0.1) is 30.7 Å². The molecule has 0 aliphatic carbocycles. The summed E-state index contributed by atoms with van der Waals surface area (Å²) < 4.78 is 20.6. The zero-order valence-electron chi connectivity index (χ0n) is 29.9. The molecule has 0 fully saturated rings. The standard InChI is InChI=1S/C36H43N5O13/c1-23(2)33(39-35(47)52-19-18-51-17-16-40-31(44)13-14-32(40)45)30(43)21-26(4-3-15-38-34(37)46)29(42)20-24-5-7-25(8-6-24)22-53-36(48)54-28-11-9-27(10-12-28)41(49)50/h5-14,23,26,33H,3-4,15-22H2,1-2H3,(H,39,47)(H3,37,38,46)/t26-,33+/m1/s1. The van der Waals surface area contributed by atoms with Crippen LogP contribution in [0.5, 0.6) is 5.75 Å². The SMILES string of the molecule is CC(C)[C@H](NC(=O)OCCOCCN1C(=O)C=CC1=O)C(=O)C[C@@H](CCCNC(N)=O)C(=O)Cc1ccc(COC(=O)Oc2ccc([N+](=O)[O-])cc2)cc1. The number of hydrogen-bond acceptors (Lipinski definition) is 13. The summed E-state index contributed by atoms with van der Waals surface area (Å²) >= 11 is 0. The summed E-state index contributed by atoms with van der Waals surface area (Å²) in [5.41, 5.74) is 6.21. The first-order chi connectivity index (χ1) is 25.7. The fourth-order valence-corrected chi connectivity index (χ4v) is 5.20. The van der Waals surface area contributed by atoms with Crippen LogP contribution in [-0.2, 0) is 46.4 Å². The number of nitrogens with two attached hydrogens (primary N) is 1. The maximum absolute atomic E-state index is 13.5. The van der Waals surface area contributed by atoms with Crippen LogP contribution < -0.4 is 21.1 Å². The van der Waals surface area contributed by atoms with Gasteiger partial charge >= 0.3 is 18.3 Å². The largest absolute Gasteiger partial charge is 0.514 e. The van der Waals surface area contributed by atoms with Crippen molar-refractivity contribution < 1.29 is 57.4 Å². The lowest BCUT2D eigenvalue weighted by atomic mass is 9.85. The number of nitro benzene ring substituents is 1. The van der Waals surface area contributed by atoms with Gasteiger partial charge in [-0.25, -0.2) is 14.4 Å². The normalized spacial score (nSPS) is 13.3. The van der Waals surface area contributed by atoms with Crippen LogP contribution >= 0.6 is 0 Å². The minimum absolute atomic E-state index is 0.0158. The number of imide groups is 1. The third-order valence-electron chi connectivity index (χ3n) is 8.05. The Balaban J connectivity index is 1.50. The molecule has 1 aliphatic heterocycles. The first-order valence-corrected chi connectivity index (χ1v) is 17.0. The summed E-state index contributed by atoms with van der Waals surface area (Å²) in [4.78, 5) is 97.1. The van der Waals surface area contributed by atoms with Crippen molar-refractivity contribution >= 4 is 47.3 Å². The molecule has 54 heavy (non-hydrogen) atoms. The predicted octanol–water partition coefficient (Wildman–Crippen LogP) is 3.14. The number of amides is 5. The van der Waals surface area contributed by atoms with E-state index in [0.717, 1.165) is 4.90 Å². The van der Waals surface area contributed by atoms with Crippen molar-refractivity contribution in [3.63, 3.8) is 0 Å². The van der Waals surface area contributed by atoms with E-state index in [1.54, 1.807) is 38.1 Å². The Labute approximate surface area is 310 Å². The highest BCUT2D eigenvalue weighted by atomic mass is 16.7. The molecule has 2 aromatic rings. The molecule has 4 N–H and O–H groups in total. The molecule has 0 aromatic heterocycles. The van der Waals surface area contributed by atoms with Crippen LogP contribution in [-0.4, -0.2) is 90.4 Å². The van der Waals surface area contributed by atoms with Crippen LogP contribution in [0, 0.1) is 22.0 Å². The van der Waals surface area contributed by atoms with Gasteiger partial charge in [0, 0.05) is 49.6 Å². The van der Waals surface area contributed by atoms with Crippen LogP contribution in [0.2, 0.25) is 0 Å². The fourth-order valence-electron chi connectivity index (χ4n) is 5.20. The van der Waals surface area contributed by atoms with Crippen LogP contribution in [0.4, 0.5) is 20.1 Å². The summed E-state index contributed by atoms with van der Waals surface area (Å²) in [6, 6.07) is 9.87. The average Bonchev–Trinajstić information content (AvgIpc) is 3.45. The smallest absolute Gasteiger partial charge is 0.447 e. The van der Waals surface area contributed by atoms with Crippen LogP contribution in [0.1, 0.15) is 44.2 Å². The maximum atomic E-state index is 13.5. The van der Waals surface area contributed by atoms with Crippen LogP contribution in [0.25, 0.3) is 0 Å². The van der Waals surface area contributed by atoms with E-state index >= 15 is 0 Å². The lowest BCUT2D eigenvalue weighted by Crippen LogP contribution is -2.45. The molecule has 1 heterocycles. The predicted molar refractivity (Wildman–Crippen MR) is 189 cm³/mol. The number of nitrogens with one attached hydrogen (secondary N) is 2. The van der Waals surface area contributed by atoms with E-state index in [1.165, 1.54) is 36.4 Å². The summed E-state index contributed by atoms with van der Waals surface area (Å²) in [5, 5.41) is 15.8. The van der Waals surface area contributed by atoms with E-state index in [0.29, 0.717) is 17.5 Å². The Morgan fingerprint density at radius 1 is 0.870 bits per heavy atom. The van der Waals surface area contributed by atoms with Gasteiger partial charge in [0.15, 0.2) is 5.78 Å². The van der Waals surface area contributed by atoms with Crippen molar-refractivity contribution in [1.29, 1.82) is 0 Å². The van der Waals surface area contributed by atoms with Gasteiger partial charge in [0.25, 0.3) is 17.5 Å². The Morgan fingerprint density at radius 3 is 2.13 bits per heavy atom. The summed E-state index contributed by atoms with van der Waals surface area (Å²) in [6.45, 7) is 3.43. The number of Topliss-reactive ketones (excluding diaryl/α,β-unsaturated/α-hetero) is 2. The maximum Gasteiger partial charge on any atom is 0.514 e. The number of benzene rings is 2. The number of nitrogens with zero attached hydrogens (tertiary/aromatic N) is 2. The number of hydrogen-bond donors (Lipinski definition) is 3. The van der Waals surface area contributed by atoms with Gasteiger partial charge in [-0.05, 0) is 42.0 Å². The van der Waals surface area contributed by atoms with Gasteiger partial charge < -0.3 is 35.3 Å². The molecule has 18 nitrogen and oxygen atoms in total.